The second kappa shape index (κ2) is 5.80. The summed E-state index contributed by atoms with van der Waals surface area (Å²) in [4.78, 5) is 12.6. The molecule has 0 unspecified atom stereocenters. The molecule has 0 aliphatic rings. The fourth-order valence-corrected chi connectivity index (χ4v) is 3.00. The van der Waals surface area contributed by atoms with E-state index >= 15 is 0 Å². The van der Waals surface area contributed by atoms with Crippen LogP contribution >= 0.6 is 11.3 Å². The van der Waals surface area contributed by atoms with Crippen molar-refractivity contribution >= 4 is 17.0 Å². The van der Waals surface area contributed by atoms with Crippen LogP contribution in [0, 0.1) is 16.2 Å². The maximum absolute atomic E-state index is 11.1. The first-order valence-electron chi connectivity index (χ1n) is 6.59. The molecular weight excluding hydrogens is 294 g/mol. The zero-order valence-electron chi connectivity index (χ0n) is 11.6. The highest BCUT2D eigenvalue weighted by Crippen LogP contribution is 2.30. The van der Waals surface area contributed by atoms with Gasteiger partial charge in [0.1, 0.15) is 6.07 Å². The fourth-order valence-electron chi connectivity index (χ4n) is 2.27. The van der Waals surface area contributed by atoms with Gasteiger partial charge in [0, 0.05) is 17.0 Å². The zero-order valence-corrected chi connectivity index (χ0v) is 12.4. The van der Waals surface area contributed by atoms with E-state index in [1.165, 1.54) is 10.9 Å². The van der Waals surface area contributed by atoms with Crippen molar-refractivity contribution in [2.24, 2.45) is 5.84 Å². The number of nitrogens with zero attached hydrogens (tertiary/aromatic N) is 2. The number of rotatable bonds is 3. The molecule has 0 amide bonds. The van der Waals surface area contributed by atoms with Crippen LogP contribution in [0.1, 0.15) is 5.56 Å². The van der Waals surface area contributed by atoms with E-state index in [4.69, 9.17) is 5.84 Å². The molecule has 0 bridgehead atoms. The first kappa shape index (κ1) is 14.0. The monoisotopic (exact) mass is 306 g/mol. The van der Waals surface area contributed by atoms with Gasteiger partial charge >= 0.3 is 0 Å². The van der Waals surface area contributed by atoms with E-state index in [0.29, 0.717) is 5.56 Å². The fraction of sp³-hybridized carbons (Fsp3) is 0. The molecule has 1 aromatic heterocycles. The molecule has 5 heteroatoms. The van der Waals surface area contributed by atoms with Crippen LogP contribution in [0.2, 0.25) is 0 Å². The highest BCUT2D eigenvalue weighted by molar-refractivity contribution is 7.13. The Hall–Kier alpha value is -2.97. The summed E-state index contributed by atoms with van der Waals surface area (Å²) in [6, 6.07) is 19.0. The van der Waals surface area contributed by atoms with Crippen LogP contribution in [-0.2, 0) is 0 Å². The van der Waals surface area contributed by atoms with Crippen LogP contribution < -0.4 is 5.84 Å². The third kappa shape index (κ3) is 2.60. The Labute approximate surface area is 131 Å². The minimum atomic E-state index is 0.254. The van der Waals surface area contributed by atoms with E-state index in [0.717, 1.165) is 16.7 Å². The molecule has 0 aliphatic carbocycles. The van der Waals surface area contributed by atoms with Crippen LogP contribution in [0.5, 0.6) is 0 Å². The smallest absolute Gasteiger partial charge is 0.192 e. The number of hydrogen-bond donors (Lipinski definition) is 1. The van der Waals surface area contributed by atoms with Crippen molar-refractivity contribution in [2.75, 3.05) is 0 Å². The highest BCUT2D eigenvalue weighted by Gasteiger charge is 2.14. The lowest BCUT2D eigenvalue weighted by atomic mass is 9.98. The predicted molar refractivity (Wildman–Crippen MR) is 87.4 cm³/mol. The molecule has 0 saturated heterocycles. The molecule has 2 N–H and O–H groups in total. The lowest BCUT2D eigenvalue weighted by Crippen LogP contribution is -2.08. The van der Waals surface area contributed by atoms with Crippen LogP contribution in [-0.4, -0.2) is 4.87 Å². The quantitative estimate of drug-likeness (QED) is 0.447. The second-order valence-electron chi connectivity index (χ2n) is 4.72. The molecule has 0 saturated carbocycles. The zero-order chi connectivity index (χ0) is 15.5. The average Bonchev–Trinajstić information content (AvgIpc) is 3.09. The molecule has 106 valence electrons. The number of hydrogen-bond acceptors (Lipinski definition) is 3. The van der Waals surface area contributed by atoms with E-state index in [2.05, 4.69) is 12.1 Å². The Bertz CT molecular complexity index is 862. The molecule has 0 spiro atoms. The van der Waals surface area contributed by atoms with Gasteiger partial charge in [-0.3, -0.25) is 0 Å². The molecule has 0 aliphatic heterocycles. The molecular formula is C17H12N3OS+. The summed E-state index contributed by atoms with van der Waals surface area (Å²) in [6.07, 6.45) is 0. The van der Waals surface area contributed by atoms with Crippen molar-refractivity contribution in [3.8, 4) is 27.6 Å². The maximum atomic E-state index is 11.1. The molecule has 0 fully saturated rings. The number of nitriles is 1. The second-order valence-corrected chi connectivity index (χ2v) is 5.67. The molecule has 3 aromatic rings. The van der Waals surface area contributed by atoms with Gasteiger partial charge in [-0.15, -0.1) is 11.3 Å². The lowest BCUT2D eigenvalue weighted by molar-refractivity contribution is -0.474. The summed E-state index contributed by atoms with van der Waals surface area (Å²) in [5.41, 5.74) is 3.54. The van der Waals surface area contributed by atoms with Gasteiger partial charge in [0.2, 0.25) is 0 Å². The first-order valence-corrected chi connectivity index (χ1v) is 7.47. The third-order valence-electron chi connectivity index (χ3n) is 3.38. The van der Waals surface area contributed by atoms with Gasteiger partial charge < -0.3 is 0 Å². The Kier molecular flexibility index (Phi) is 3.69. The molecule has 2 aromatic carbocycles. The van der Waals surface area contributed by atoms with Gasteiger partial charge in [-0.25, -0.2) is 0 Å². The van der Waals surface area contributed by atoms with Crippen LogP contribution in [0.3, 0.4) is 0 Å². The first-order chi connectivity index (χ1) is 10.7. The van der Waals surface area contributed by atoms with Gasteiger partial charge in [-0.05, 0) is 34.2 Å². The van der Waals surface area contributed by atoms with Crippen molar-refractivity contribution in [1.82, 2.24) is 0 Å². The SMILES string of the molecule is N#Cc1cc([N+](N)=O)ccc1-c1ccc(-c2cccs2)cc1. The number of hydrazine groups is 1. The van der Waals surface area contributed by atoms with Crippen molar-refractivity contribution in [1.29, 1.82) is 5.26 Å². The van der Waals surface area contributed by atoms with Crippen LogP contribution in [0.25, 0.3) is 21.6 Å². The largest absolute Gasteiger partial charge is 0.293 e. The lowest BCUT2D eigenvalue weighted by Gasteiger charge is -2.05. The Morgan fingerprint density at radius 2 is 1.77 bits per heavy atom. The molecule has 1 heterocycles. The van der Waals surface area contributed by atoms with E-state index in [1.807, 2.05) is 35.7 Å². The van der Waals surface area contributed by atoms with Gasteiger partial charge in [0.05, 0.1) is 10.5 Å². The summed E-state index contributed by atoms with van der Waals surface area (Å²) in [5, 5.41) is 11.3. The topological polar surface area (TPSA) is 69.9 Å². The molecule has 3 rings (SSSR count). The Morgan fingerprint density at radius 1 is 1.05 bits per heavy atom. The normalized spacial score (nSPS) is 10.1. The summed E-state index contributed by atoms with van der Waals surface area (Å²) >= 11 is 1.68. The van der Waals surface area contributed by atoms with E-state index in [1.54, 1.807) is 23.5 Å². The minimum absolute atomic E-state index is 0.254. The summed E-state index contributed by atoms with van der Waals surface area (Å²) in [5.74, 6) is 5.17. The van der Waals surface area contributed by atoms with Gasteiger partial charge in [0.15, 0.2) is 4.87 Å². The third-order valence-corrected chi connectivity index (χ3v) is 4.30. The van der Waals surface area contributed by atoms with Crippen molar-refractivity contribution in [3.05, 3.63) is 70.4 Å². The van der Waals surface area contributed by atoms with Crippen molar-refractivity contribution < 1.29 is 4.87 Å². The summed E-state index contributed by atoms with van der Waals surface area (Å²) < 4.78 is 0. The molecule has 0 atom stereocenters. The van der Waals surface area contributed by atoms with Crippen molar-refractivity contribution in [2.45, 2.75) is 0 Å². The van der Waals surface area contributed by atoms with E-state index in [-0.39, 0.29) is 10.6 Å². The van der Waals surface area contributed by atoms with Gasteiger partial charge in [0.25, 0.3) is 5.69 Å². The van der Waals surface area contributed by atoms with Crippen LogP contribution in [0.4, 0.5) is 5.69 Å². The number of thiophene rings is 1. The number of benzene rings is 2. The average molecular weight is 306 g/mol. The summed E-state index contributed by atoms with van der Waals surface area (Å²) in [7, 11) is 0. The highest BCUT2D eigenvalue weighted by atomic mass is 32.1. The minimum Gasteiger partial charge on any atom is -0.192 e. The molecule has 0 radical (unpaired) electrons. The van der Waals surface area contributed by atoms with Crippen molar-refractivity contribution in [3.63, 3.8) is 0 Å². The number of nitrogens with two attached hydrogens (primary N) is 1. The van der Waals surface area contributed by atoms with Gasteiger partial charge in [-0.2, -0.15) is 11.1 Å². The Morgan fingerprint density at radius 3 is 2.36 bits per heavy atom. The van der Waals surface area contributed by atoms with Gasteiger partial charge in [-0.1, -0.05) is 30.3 Å². The van der Waals surface area contributed by atoms with E-state index < -0.39 is 0 Å². The molecule has 22 heavy (non-hydrogen) atoms. The van der Waals surface area contributed by atoms with Crippen LogP contribution in [0.15, 0.2) is 60.0 Å². The Balaban J connectivity index is 2.01. The molecule has 4 nitrogen and oxygen atoms in total. The summed E-state index contributed by atoms with van der Waals surface area (Å²) in [6.45, 7) is 0. The predicted octanol–water partition coefficient (Wildman–Crippen LogP) is 4.24. The number of nitroso groups, excluding NO2 is 1. The van der Waals surface area contributed by atoms with E-state index in [9.17, 15) is 10.2 Å². The standard InChI is InChI=1S/C17H12N3OS/c18-11-14-10-15(20(19)21)7-8-16(14)12-3-5-13(6-4-12)17-2-1-9-22-17/h1-10H,(H2,19,21)/q+1. The maximum Gasteiger partial charge on any atom is 0.293 e.